The smallest absolute Gasteiger partial charge is 0.233 e. The molecule has 0 radical (unpaired) electrons. The summed E-state index contributed by atoms with van der Waals surface area (Å²) >= 11 is 11.8. The molecule has 0 aromatic heterocycles. The van der Waals surface area contributed by atoms with Crippen molar-refractivity contribution in [2.24, 2.45) is 35.5 Å². The number of anilines is 1. The predicted molar refractivity (Wildman–Crippen MR) is 101 cm³/mol. The van der Waals surface area contributed by atoms with Crippen LogP contribution in [0.1, 0.15) is 12.8 Å². The number of hydrogen-bond donors (Lipinski definition) is 1. The number of carbonyl (C=O) groups is 3. The Hall–Kier alpha value is -1.85. The number of likely N-dealkylation sites (tertiary alicyclic amines) is 1. The van der Waals surface area contributed by atoms with Gasteiger partial charge in [0.05, 0.1) is 21.9 Å². The van der Waals surface area contributed by atoms with E-state index in [0.717, 1.165) is 6.42 Å². The zero-order valence-corrected chi connectivity index (χ0v) is 15.9. The molecule has 2 saturated carbocycles. The van der Waals surface area contributed by atoms with Crippen molar-refractivity contribution in [2.45, 2.75) is 12.8 Å². The molecule has 0 spiro atoms. The monoisotopic (exact) mass is 404 g/mol. The van der Waals surface area contributed by atoms with Gasteiger partial charge in [-0.05, 0) is 48.3 Å². The molecule has 1 N–H and O–H groups in total. The van der Waals surface area contributed by atoms with Gasteiger partial charge in [0.25, 0.3) is 0 Å². The molecule has 1 aromatic rings. The molecule has 1 aliphatic heterocycles. The molecule has 1 aromatic carbocycles. The summed E-state index contributed by atoms with van der Waals surface area (Å²) in [6, 6.07) is 4.83. The van der Waals surface area contributed by atoms with E-state index in [9.17, 15) is 14.4 Å². The van der Waals surface area contributed by atoms with Gasteiger partial charge in [-0.2, -0.15) is 0 Å². The van der Waals surface area contributed by atoms with Crippen molar-refractivity contribution in [1.29, 1.82) is 0 Å². The van der Waals surface area contributed by atoms with Crippen molar-refractivity contribution in [3.05, 3.63) is 40.4 Å². The minimum Gasteiger partial charge on any atom is -0.326 e. The zero-order chi connectivity index (χ0) is 18.9. The molecule has 5 aliphatic rings. The Bertz CT molecular complexity index is 863. The van der Waals surface area contributed by atoms with Crippen LogP contribution in [0.25, 0.3) is 0 Å². The maximum Gasteiger partial charge on any atom is 0.233 e. The van der Waals surface area contributed by atoms with E-state index in [1.807, 2.05) is 0 Å². The van der Waals surface area contributed by atoms with Crippen molar-refractivity contribution in [1.82, 2.24) is 4.90 Å². The quantitative estimate of drug-likeness (QED) is 0.617. The number of benzene rings is 1. The largest absolute Gasteiger partial charge is 0.326 e. The van der Waals surface area contributed by atoms with E-state index in [2.05, 4.69) is 17.5 Å². The highest BCUT2D eigenvalue weighted by Gasteiger charge is 2.66. The fourth-order valence-corrected chi connectivity index (χ4v) is 5.55. The molecular weight excluding hydrogens is 387 g/mol. The first-order valence-electron chi connectivity index (χ1n) is 9.24. The summed E-state index contributed by atoms with van der Waals surface area (Å²) in [4.78, 5) is 39.3. The second-order valence-corrected chi connectivity index (χ2v) is 8.72. The number of nitrogens with one attached hydrogen (secondary N) is 1. The van der Waals surface area contributed by atoms with E-state index in [-0.39, 0.29) is 54.4 Å². The Labute approximate surface area is 166 Å². The minimum absolute atomic E-state index is 0.0623. The van der Waals surface area contributed by atoms with Gasteiger partial charge in [0.2, 0.25) is 17.7 Å². The van der Waals surface area contributed by atoms with Crippen molar-refractivity contribution in [2.75, 3.05) is 11.9 Å². The molecule has 3 amide bonds. The van der Waals surface area contributed by atoms with E-state index in [1.54, 1.807) is 18.2 Å². The van der Waals surface area contributed by atoms with Gasteiger partial charge in [-0.1, -0.05) is 35.4 Å². The fraction of sp³-hybridized carbons (Fsp3) is 0.450. The highest BCUT2D eigenvalue weighted by molar-refractivity contribution is 6.42. The van der Waals surface area contributed by atoms with Crippen molar-refractivity contribution in [3.8, 4) is 0 Å². The normalized spacial score (nSPS) is 35.3. The lowest BCUT2D eigenvalue weighted by molar-refractivity contribution is -0.140. The van der Waals surface area contributed by atoms with Gasteiger partial charge in [-0.3, -0.25) is 19.3 Å². The van der Waals surface area contributed by atoms with Gasteiger partial charge in [0.1, 0.15) is 0 Å². The van der Waals surface area contributed by atoms with Crippen LogP contribution >= 0.6 is 23.2 Å². The third-order valence-corrected chi connectivity index (χ3v) is 7.26. The van der Waals surface area contributed by atoms with E-state index in [1.165, 1.54) is 4.90 Å². The Morgan fingerprint density at radius 2 is 1.67 bits per heavy atom. The summed E-state index contributed by atoms with van der Waals surface area (Å²) in [5.74, 6) is 0.672. The Morgan fingerprint density at radius 3 is 2.26 bits per heavy atom. The van der Waals surface area contributed by atoms with Crippen LogP contribution in [0.4, 0.5) is 5.69 Å². The molecule has 27 heavy (non-hydrogen) atoms. The van der Waals surface area contributed by atoms with Crippen LogP contribution < -0.4 is 5.32 Å². The third kappa shape index (κ3) is 2.63. The highest BCUT2D eigenvalue weighted by atomic mass is 35.5. The van der Waals surface area contributed by atoms with Crippen molar-refractivity contribution >= 4 is 46.6 Å². The second kappa shape index (κ2) is 6.08. The van der Waals surface area contributed by atoms with Crippen molar-refractivity contribution in [3.63, 3.8) is 0 Å². The van der Waals surface area contributed by atoms with E-state index >= 15 is 0 Å². The second-order valence-electron chi connectivity index (χ2n) is 7.91. The van der Waals surface area contributed by atoms with Gasteiger partial charge >= 0.3 is 0 Å². The molecule has 3 fully saturated rings. The molecule has 0 unspecified atom stereocenters. The zero-order valence-electron chi connectivity index (χ0n) is 14.4. The van der Waals surface area contributed by atoms with Crippen LogP contribution in [0, 0.1) is 35.5 Å². The number of hydrogen-bond acceptors (Lipinski definition) is 3. The molecule has 1 saturated heterocycles. The number of allylic oxidation sites excluding steroid dienone is 2. The molecule has 6 rings (SSSR count). The highest BCUT2D eigenvalue weighted by Crippen LogP contribution is 2.65. The van der Waals surface area contributed by atoms with Gasteiger partial charge in [-0.15, -0.1) is 0 Å². The lowest BCUT2D eigenvalue weighted by Crippen LogP contribution is -2.40. The summed E-state index contributed by atoms with van der Waals surface area (Å²) in [5.41, 5.74) is 0.532. The van der Waals surface area contributed by atoms with Crippen LogP contribution in [0.3, 0.4) is 0 Å². The average molecular weight is 405 g/mol. The van der Waals surface area contributed by atoms with Gasteiger partial charge in [-0.25, -0.2) is 0 Å². The first-order chi connectivity index (χ1) is 13.0. The number of amides is 3. The Kier molecular flexibility index (Phi) is 3.89. The number of nitrogens with zero attached hydrogens (tertiary/aromatic N) is 1. The van der Waals surface area contributed by atoms with Crippen LogP contribution in [-0.4, -0.2) is 29.2 Å². The van der Waals surface area contributed by atoms with Crippen LogP contribution in [0.15, 0.2) is 30.4 Å². The molecule has 5 nitrogen and oxygen atoms in total. The number of halogens is 2. The Balaban J connectivity index is 1.24. The van der Waals surface area contributed by atoms with Crippen molar-refractivity contribution < 1.29 is 14.4 Å². The van der Waals surface area contributed by atoms with Gasteiger partial charge < -0.3 is 5.32 Å². The van der Waals surface area contributed by atoms with E-state index in [0.29, 0.717) is 27.6 Å². The average Bonchev–Trinajstić information content (AvgIpc) is 3.42. The number of rotatable bonds is 4. The molecule has 6 atom stereocenters. The minimum atomic E-state index is -0.271. The van der Waals surface area contributed by atoms with Gasteiger partial charge in [0, 0.05) is 18.7 Å². The predicted octanol–water partition coefficient (Wildman–Crippen LogP) is 3.38. The van der Waals surface area contributed by atoms with Gasteiger partial charge in [0.15, 0.2) is 0 Å². The molecular formula is C20H18Cl2N2O3. The Morgan fingerprint density at radius 1 is 1.04 bits per heavy atom. The molecule has 1 heterocycles. The van der Waals surface area contributed by atoms with E-state index < -0.39 is 0 Å². The summed E-state index contributed by atoms with van der Waals surface area (Å²) in [6.45, 7) is 0.118. The molecule has 2 bridgehead atoms. The fourth-order valence-electron chi connectivity index (χ4n) is 5.25. The van der Waals surface area contributed by atoms with Crippen LogP contribution in [0.5, 0.6) is 0 Å². The first kappa shape index (κ1) is 17.3. The summed E-state index contributed by atoms with van der Waals surface area (Å²) in [7, 11) is 0. The lowest BCUT2D eigenvalue weighted by Gasteiger charge is -2.37. The summed E-state index contributed by atoms with van der Waals surface area (Å²) < 4.78 is 0. The first-order valence-corrected chi connectivity index (χ1v) is 10.00. The molecule has 7 heteroatoms. The number of imide groups is 1. The maximum absolute atomic E-state index is 12.9. The lowest BCUT2D eigenvalue weighted by atomic mass is 9.63. The molecule has 4 aliphatic carbocycles. The van der Waals surface area contributed by atoms with E-state index in [4.69, 9.17) is 23.2 Å². The summed E-state index contributed by atoms with van der Waals surface area (Å²) in [6.07, 6.45) is 5.49. The number of carbonyl (C=O) groups excluding carboxylic acids is 3. The van der Waals surface area contributed by atoms with Crippen LogP contribution in [-0.2, 0) is 14.4 Å². The summed E-state index contributed by atoms with van der Waals surface area (Å²) in [5, 5.41) is 3.49. The third-order valence-electron chi connectivity index (χ3n) is 6.52. The topological polar surface area (TPSA) is 66.5 Å². The SMILES string of the molecule is O=C(CCN1C(=O)[C@@H]2[C@@H]3C=C[C@H]([C@H]4C[C@H]34)[C@@H]2C1=O)Nc1ccc(Cl)c(Cl)c1. The van der Waals surface area contributed by atoms with Crippen LogP contribution in [0.2, 0.25) is 10.0 Å². The molecule has 140 valence electrons. The standard InChI is InChI=1S/C20H18Cl2N2O3/c21-14-4-1-9(7-15(14)22)23-16(25)5-6-24-19(26)17-10-2-3-11(13-8-12(10)13)18(17)20(24)27/h1-4,7,10-13,17-18H,5-6,8H2,(H,23,25)/t10-,11-,12-,13-,17-,18+/m1/s1. The maximum atomic E-state index is 12.9.